The van der Waals surface area contributed by atoms with E-state index in [-0.39, 0.29) is 0 Å². The van der Waals surface area contributed by atoms with Crippen LogP contribution in [0.2, 0.25) is 0 Å². The van der Waals surface area contributed by atoms with Crippen LogP contribution in [0.3, 0.4) is 0 Å². The van der Waals surface area contributed by atoms with Crippen molar-refractivity contribution in [3.8, 4) is 0 Å². The largest absolute Gasteiger partial charge is 0.313 e. The maximum atomic E-state index is 10.6. The molecule has 4 nitrogen and oxygen atoms in total. The molecule has 0 spiro atoms. The SMILES string of the molecule is CCC(N)S(=O)(=O)OC. The van der Waals surface area contributed by atoms with Crippen LogP contribution in [0.5, 0.6) is 0 Å². The molecule has 0 aromatic heterocycles. The Hall–Kier alpha value is -0.130. The summed E-state index contributed by atoms with van der Waals surface area (Å²) in [6.45, 7) is 1.68. The third kappa shape index (κ3) is 2.30. The second-order valence-electron chi connectivity index (χ2n) is 1.61. The molecule has 5 heteroatoms. The van der Waals surface area contributed by atoms with Gasteiger partial charge in [0.15, 0.2) is 0 Å². The maximum absolute atomic E-state index is 10.6. The van der Waals surface area contributed by atoms with Crippen molar-refractivity contribution in [1.29, 1.82) is 0 Å². The van der Waals surface area contributed by atoms with Crippen molar-refractivity contribution in [1.82, 2.24) is 0 Å². The summed E-state index contributed by atoms with van der Waals surface area (Å²) in [7, 11) is -2.37. The predicted octanol–water partition coefficient (Wildman–Crippen LogP) is -0.343. The zero-order chi connectivity index (χ0) is 7.49. The van der Waals surface area contributed by atoms with Gasteiger partial charge in [0.25, 0.3) is 10.1 Å². The van der Waals surface area contributed by atoms with Crippen molar-refractivity contribution < 1.29 is 12.6 Å². The molecule has 9 heavy (non-hydrogen) atoms. The van der Waals surface area contributed by atoms with Crippen molar-refractivity contribution >= 4 is 10.1 Å². The molecule has 0 saturated heterocycles. The molecular weight excluding hydrogens is 142 g/mol. The molecule has 2 N–H and O–H groups in total. The van der Waals surface area contributed by atoms with E-state index in [1.54, 1.807) is 6.92 Å². The lowest BCUT2D eigenvalue weighted by molar-refractivity contribution is 0.386. The van der Waals surface area contributed by atoms with Crippen LogP contribution in [-0.2, 0) is 14.3 Å². The standard InChI is InChI=1S/C4H11NO3S/c1-3-4(5)9(6,7)8-2/h4H,3,5H2,1-2H3. The van der Waals surface area contributed by atoms with Crippen LogP contribution in [-0.4, -0.2) is 20.9 Å². The third-order valence-corrected chi connectivity index (χ3v) is 2.54. The maximum Gasteiger partial charge on any atom is 0.283 e. The van der Waals surface area contributed by atoms with Crippen LogP contribution in [0, 0.1) is 0 Å². The molecule has 0 amide bonds. The monoisotopic (exact) mass is 153 g/mol. The highest BCUT2D eigenvalue weighted by atomic mass is 32.2. The Balaban J connectivity index is 4.17. The van der Waals surface area contributed by atoms with E-state index in [0.29, 0.717) is 6.42 Å². The molecule has 0 rings (SSSR count). The topological polar surface area (TPSA) is 69.4 Å². The molecule has 1 atom stereocenters. The lowest BCUT2D eigenvalue weighted by Gasteiger charge is -2.06. The predicted molar refractivity (Wildman–Crippen MR) is 34.2 cm³/mol. The summed E-state index contributed by atoms with van der Waals surface area (Å²) >= 11 is 0. The molecule has 0 aromatic carbocycles. The second kappa shape index (κ2) is 3.14. The molecule has 0 radical (unpaired) electrons. The molecule has 0 fully saturated rings. The molecule has 0 aromatic rings. The van der Waals surface area contributed by atoms with E-state index in [1.807, 2.05) is 0 Å². The van der Waals surface area contributed by atoms with Gasteiger partial charge in [-0.25, -0.2) is 0 Å². The summed E-state index contributed by atoms with van der Waals surface area (Å²) in [6.07, 6.45) is 0.371. The fraction of sp³-hybridized carbons (Fsp3) is 1.00. The first kappa shape index (κ1) is 8.87. The first-order valence-corrected chi connectivity index (χ1v) is 4.06. The Bertz CT molecular complexity index is 163. The first-order valence-electron chi connectivity index (χ1n) is 2.59. The first-order chi connectivity index (χ1) is 4.04. The number of hydrogen-bond acceptors (Lipinski definition) is 4. The molecule has 0 bridgehead atoms. The normalized spacial score (nSPS) is 15.4. The quantitative estimate of drug-likeness (QED) is 0.563. The van der Waals surface area contributed by atoms with Crippen LogP contribution in [0.25, 0.3) is 0 Å². The highest BCUT2D eigenvalue weighted by molar-refractivity contribution is 7.87. The van der Waals surface area contributed by atoms with E-state index >= 15 is 0 Å². The Kier molecular flexibility index (Phi) is 3.10. The minimum absolute atomic E-state index is 0.371. The van der Waals surface area contributed by atoms with Gasteiger partial charge in [0.2, 0.25) is 0 Å². The van der Waals surface area contributed by atoms with E-state index < -0.39 is 15.5 Å². The van der Waals surface area contributed by atoms with Gasteiger partial charge in [0.1, 0.15) is 5.37 Å². The van der Waals surface area contributed by atoms with Gasteiger partial charge in [-0.1, -0.05) is 6.92 Å². The lowest BCUT2D eigenvalue weighted by atomic mass is 10.5. The molecular formula is C4H11NO3S. The van der Waals surface area contributed by atoms with Gasteiger partial charge < -0.3 is 5.73 Å². The van der Waals surface area contributed by atoms with Gasteiger partial charge in [-0.05, 0) is 6.42 Å². The summed E-state index contributed by atoms with van der Waals surface area (Å²) in [5.74, 6) is 0. The summed E-state index contributed by atoms with van der Waals surface area (Å²) in [5, 5.41) is -0.887. The van der Waals surface area contributed by atoms with Crippen LogP contribution in [0.15, 0.2) is 0 Å². The van der Waals surface area contributed by atoms with E-state index in [1.165, 1.54) is 0 Å². The number of nitrogens with two attached hydrogens (primary N) is 1. The van der Waals surface area contributed by atoms with Gasteiger partial charge in [0.05, 0.1) is 7.11 Å². The van der Waals surface area contributed by atoms with Crippen LogP contribution >= 0.6 is 0 Å². The molecule has 0 aliphatic carbocycles. The van der Waals surface area contributed by atoms with Crippen LogP contribution in [0.1, 0.15) is 13.3 Å². The average Bonchev–Trinajstić information content (AvgIpc) is 1.86. The van der Waals surface area contributed by atoms with E-state index in [0.717, 1.165) is 7.11 Å². The van der Waals surface area contributed by atoms with Crippen molar-refractivity contribution in [3.63, 3.8) is 0 Å². The number of rotatable bonds is 3. The number of hydrogen-bond donors (Lipinski definition) is 1. The molecule has 0 saturated carbocycles. The molecule has 0 heterocycles. The minimum Gasteiger partial charge on any atom is -0.313 e. The van der Waals surface area contributed by atoms with Gasteiger partial charge in [-0.3, -0.25) is 4.18 Å². The zero-order valence-corrected chi connectivity index (χ0v) is 6.31. The van der Waals surface area contributed by atoms with E-state index in [2.05, 4.69) is 4.18 Å². The highest BCUT2D eigenvalue weighted by Gasteiger charge is 2.17. The van der Waals surface area contributed by atoms with Crippen molar-refractivity contribution in [2.24, 2.45) is 5.73 Å². The van der Waals surface area contributed by atoms with E-state index in [9.17, 15) is 8.42 Å². The Morgan fingerprint density at radius 1 is 1.67 bits per heavy atom. The van der Waals surface area contributed by atoms with Crippen LogP contribution in [0.4, 0.5) is 0 Å². The van der Waals surface area contributed by atoms with Gasteiger partial charge in [-0.2, -0.15) is 8.42 Å². The molecule has 0 aliphatic heterocycles. The fourth-order valence-corrected chi connectivity index (χ4v) is 0.983. The zero-order valence-electron chi connectivity index (χ0n) is 5.49. The van der Waals surface area contributed by atoms with Crippen molar-refractivity contribution in [2.75, 3.05) is 7.11 Å². The van der Waals surface area contributed by atoms with Gasteiger partial charge in [0, 0.05) is 0 Å². The lowest BCUT2D eigenvalue weighted by Crippen LogP contribution is -2.30. The molecule has 0 aliphatic rings. The van der Waals surface area contributed by atoms with Gasteiger partial charge >= 0.3 is 0 Å². The van der Waals surface area contributed by atoms with Crippen molar-refractivity contribution in [3.05, 3.63) is 0 Å². The van der Waals surface area contributed by atoms with Crippen molar-refractivity contribution in [2.45, 2.75) is 18.7 Å². The molecule has 1 unspecified atom stereocenters. The Morgan fingerprint density at radius 3 is 2.22 bits per heavy atom. The van der Waals surface area contributed by atoms with Crippen LogP contribution < -0.4 is 5.73 Å². The highest BCUT2D eigenvalue weighted by Crippen LogP contribution is 1.99. The summed E-state index contributed by atoms with van der Waals surface area (Å²) in [6, 6.07) is 0. The summed E-state index contributed by atoms with van der Waals surface area (Å²) in [4.78, 5) is 0. The molecule has 56 valence electrons. The third-order valence-electron chi connectivity index (χ3n) is 1.01. The summed E-state index contributed by atoms with van der Waals surface area (Å²) < 4.78 is 25.3. The Labute approximate surface area is 55.1 Å². The van der Waals surface area contributed by atoms with E-state index in [4.69, 9.17) is 5.73 Å². The summed E-state index contributed by atoms with van der Waals surface area (Å²) in [5.41, 5.74) is 5.15. The smallest absolute Gasteiger partial charge is 0.283 e. The average molecular weight is 153 g/mol. The minimum atomic E-state index is -3.47. The Morgan fingerprint density at radius 2 is 2.11 bits per heavy atom. The van der Waals surface area contributed by atoms with Gasteiger partial charge in [-0.15, -0.1) is 0 Å². The second-order valence-corrected chi connectivity index (χ2v) is 3.53. The fourth-order valence-electron chi connectivity index (χ4n) is 0.328.